The molecule has 5 heteroatoms. The van der Waals surface area contributed by atoms with Gasteiger partial charge in [-0.3, -0.25) is 10.1 Å². The summed E-state index contributed by atoms with van der Waals surface area (Å²) >= 11 is 0. The van der Waals surface area contributed by atoms with Crippen molar-refractivity contribution in [1.29, 1.82) is 0 Å². The summed E-state index contributed by atoms with van der Waals surface area (Å²) in [5, 5.41) is 2.11. The summed E-state index contributed by atoms with van der Waals surface area (Å²) in [6.07, 6.45) is 2.87. The van der Waals surface area contributed by atoms with Crippen molar-refractivity contribution in [2.24, 2.45) is 0 Å². The Morgan fingerprint density at radius 1 is 1.50 bits per heavy atom. The maximum absolute atomic E-state index is 12.1. The first-order chi connectivity index (χ1) is 5.70. The molecule has 1 rings (SSSR count). The molecule has 1 aromatic heterocycles. The van der Waals surface area contributed by atoms with Gasteiger partial charge >= 0.3 is 0 Å². The van der Waals surface area contributed by atoms with Crippen molar-refractivity contribution >= 4 is 11.9 Å². The Labute approximate surface area is 68.2 Å². The fraction of sp³-hybridized carbons (Fsp3) is 0. The van der Waals surface area contributed by atoms with Crippen LogP contribution in [0.3, 0.4) is 0 Å². The van der Waals surface area contributed by atoms with Crippen molar-refractivity contribution in [1.82, 2.24) is 9.97 Å². The first-order valence-corrected chi connectivity index (χ1v) is 3.13. The van der Waals surface area contributed by atoms with Gasteiger partial charge in [0.15, 0.2) is 5.83 Å². The molecule has 0 spiro atoms. The van der Waals surface area contributed by atoms with Gasteiger partial charge in [-0.05, 0) is 6.07 Å². The van der Waals surface area contributed by atoms with Crippen molar-refractivity contribution in [2.45, 2.75) is 0 Å². The molecule has 1 heterocycles. The third kappa shape index (κ3) is 2.12. The number of nitrogens with zero attached hydrogens (tertiary/aromatic N) is 2. The Kier molecular flexibility index (Phi) is 2.47. The van der Waals surface area contributed by atoms with E-state index in [0.29, 0.717) is 0 Å². The Hall–Kier alpha value is -1.78. The first kappa shape index (κ1) is 8.32. The molecule has 0 bridgehead atoms. The monoisotopic (exact) mass is 167 g/mol. The Morgan fingerprint density at radius 2 is 2.08 bits per heavy atom. The van der Waals surface area contributed by atoms with Crippen LogP contribution in [-0.4, -0.2) is 15.9 Å². The molecule has 0 radical (unpaired) electrons. The van der Waals surface area contributed by atoms with Crippen LogP contribution in [0, 0.1) is 0 Å². The van der Waals surface area contributed by atoms with Crippen LogP contribution in [0.4, 0.5) is 10.3 Å². The van der Waals surface area contributed by atoms with Gasteiger partial charge in [0.1, 0.15) is 0 Å². The molecule has 0 saturated heterocycles. The molecule has 0 saturated carbocycles. The second-order valence-corrected chi connectivity index (χ2v) is 1.93. The lowest BCUT2D eigenvalue weighted by Gasteiger charge is -1.98. The van der Waals surface area contributed by atoms with E-state index in [1.807, 2.05) is 0 Å². The predicted octanol–water partition coefficient (Wildman–Crippen LogP) is 0.898. The molecule has 62 valence electrons. The molecule has 0 atom stereocenters. The van der Waals surface area contributed by atoms with Crippen LogP contribution in [0.1, 0.15) is 0 Å². The number of hydrogen-bond donors (Lipinski definition) is 1. The third-order valence-electron chi connectivity index (χ3n) is 1.04. The molecule has 1 aromatic rings. The Balaban J connectivity index is 2.65. The normalized spacial score (nSPS) is 9.08. The van der Waals surface area contributed by atoms with E-state index in [9.17, 15) is 9.18 Å². The topological polar surface area (TPSA) is 54.9 Å². The number of rotatable bonds is 2. The lowest BCUT2D eigenvalue weighted by Crippen LogP contribution is -2.13. The zero-order chi connectivity index (χ0) is 8.97. The van der Waals surface area contributed by atoms with E-state index in [4.69, 9.17) is 0 Å². The van der Waals surface area contributed by atoms with Gasteiger partial charge in [0.25, 0.3) is 5.91 Å². The highest BCUT2D eigenvalue weighted by atomic mass is 19.1. The minimum Gasteiger partial charge on any atom is -0.288 e. The fourth-order valence-corrected chi connectivity index (χ4v) is 0.533. The number of amides is 1. The van der Waals surface area contributed by atoms with E-state index in [2.05, 4.69) is 21.9 Å². The fourth-order valence-electron chi connectivity index (χ4n) is 0.533. The lowest BCUT2D eigenvalue weighted by molar-refractivity contribution is -0.114. The highest BCUT2D eigenvalue weighted by molar-refractivity contribution is 6.00. The molecule has 0 aliphatic rings. The smallest absolute Gasteiger partial charge is 0.286 e. The summed E-state index contributed by atoms with van der Waals surface area (Å²) in [6, 6.07) is 1.58. The number of hydrogen-bond acceptors (Lipinski definition) is 3. The SMILES string of the molecule is C=C(F)C(=O)Nc1ncccn1. The molecule has 0 aliphatic heterocycles. The quantitative estimate of drug-likeness (QED) is 0.665. The van der Waals surface area contributed by atoms with Gasteiger partial charge < -0.3 is 0 Å². The molecular weight excluding hydrogens is 161 g/mol. The van der Waals surface area contributed by atoms with Crippen LogP contribution in [0.2, 0.25) is 0 Å². The van der Waals surface area contributed by atoms with E-state index in [1.165, 1.54) is 12.4 Å². The third-order valence-corrected chi connectivity index (χ3v) is 1.04. The number of carbonyl (C=O) groups is 1. The molecule has 0 fully saturated rings. The maximum atomic E-state index is 12.1. The van der Waals surface area contributed by atoms with Crippen LogP contribution < -0.4 is 5.32 Å². The highest BCUT2D eigenvalue weighted by Crippen LogP contribution is 1.98. The highest BCUT2D eigenvalue weighted by Gasteiger charge is 2.06. The molecule has 0 aromatic carbocycles. The van der Waals surface area contributed by atoms with Crippen LogP contribution in [0.5, 0.6) is 0 Å². The molecule has 0 unspecified atom stereocenters. The van der Waals surface area contributed by atoms with Crippen molar-refractivity contribution < 1.29 is 9.18 Å². The van der Waals surface area contributed by atoms with Crippen LogP contribution in [0.25, 0.3) is 0 Å². The van der Waals surface area contributed by atoms with Crippen LogP contribution in [-0.2, 0) is 4.79 Å². The number of halogens is 1. The molecule has 0 aliphatic carbocycles. The average molecular weight is 167 g/mol. The summed E-state index contributed by atoms with van der Waals surface area (Å²) in [5.41, 5.74) is 0. The van der Waals surface area contributed by atoms with Gasteiger partial charge in [0.2, 0.25) is 5.95 Å². The van der Waals surface area contributed by atoms with Gasteiger partial charge in [0, 0.05) is 12.4 Å². The second-order valence-electron chi connectivity index (χ2n) is 1.93. The average Bonchev–Trinajstić information content (AvgIpc) is 2.06. The van der Waals surface area contributed by atoms with Crippen LogP contribution >= 0.6 is 0 Å². The number of nitrogens with one attached hydrogen (secondary N) is 1. The predicted molar refractivity (Wildman–Crippen MR) is 40.9 cm³/mol. The summed E-state index contributed by atoms with van der Waals surface area (Å²) in [6.45, 7) is 2.82. The van der Waals surface area contributed by atoms with Gasteiger partial charge in [-0.1, -0.05) is 6.58 Å². The molecule has 1 amide bonds. The van der Waals surface area contributed by atoms with E-state index in [-0.39, 0.29) is 5.95 Å². The summed E-state index contributed by atoms with van der Waals surface area (Å²) < 4.78 is 12.1. The molecule has 1 N–H and O–H groups in total. The van der Waals surface area contributed by atoms with Crippen molar-refractivity contribution in [2.75, 3.05) is 5.32 Å². The first-order valence-electron chi connectivity index (χ1n) is 3.13. The lowest BCUT2D eigenvalue weighted by atomic mass is 10.5. The van der Waals surface area contributed by atoms with Crippen molar-refractivity contribution in [3.05, 3.63) is 30.9 Å². The summed E-state index contributed by atoms with van der Waals surface area (Å²) in [4.78, 5) is 17.9. The van der Waals surface area contributed by atoms with E-state index < -0.39 is 11.7 Å². The number of aromatic nitrogens is 2. The molecule has 4 nitrogen and oxygen atoms in total. The Morgan fingerprint density at radius 3 is 2.58 bits per heavy atom. The van der Waals surface area contributed by atoms with Gasteiger partial charge in [-0.15, -0.1) is 0 Å². The van der Waals surface area contributed by atoms with Crippen LogP contribution in [0.15, 0.2) is 30.9 Å². The Bertz CT molecular complexity index is 299. The summed E-state index contributed by atoms with van der Waals surface area (Å²) in [5.74, 6) is -1.94. The minimum absolute atomic E-state index is 0.0568. The van der Waals surface area contributed by atoms with Crippen molar-refractivity contribution in [3.8, 4) is 0 Å². The van der Waals surface area contributed by atoms with E-state index >= 15 is 0 Å². The zero-order valence-electron chi connectivity index (χ0n) is 6.12. The minimum atomic E-state index is -1.07. The second kappa shape index (κ2) is 3.56. The van der Waals surface area contributed by atoms with E-state index in [0.717, 1.165) is 0 Å². The number of anilines is 1. The van der Waals surface area contributed by atoms with Crippen molar-refractivity contribution in [3.63, 3.8) is 0 Å². The van der Waals surface area contributed by atoms with Gasteiger partial charge in [-0.2, -0.15) is 0 Å². The largest absolute Gasteiger partial charge is 0.288 e. The van der Waals surface area contributed by atoms with E-state index in [1.54, 1.807) is 6.07 Å². The van der Waals surface area contributed by atoms with Gasteiger partial charge in [0.05, 0.1) is 0 Å². The van der Waals surface area contributed by atoms with Gasteiger partial charge in [-0.25, -0.2) is 14.4 Å². The number of carbonyl (C=O) groups excluding carboxylic acids is 1. The zero-order valence-corrected chi connectivity index (χ0v) is 6.12. The molecular formula is C7H6FN3O. The molecule has 12 heavy (non-hydrogen) atoms. The standard InChI is InChI=1S/C7H6FN3O/c1-5(8)6(12)11-7-9-3-2-4-10-7/h2-4H,1H2,(H,9,10,11,12). The maximum Gasteiger partial charge on any atom is 0.286 e. The summed E-state index contributed by atoms with van der Waals surface area (Å²) in [7, 11) is 0.